The standard InChI is InChI=1S/C19H23N2O6P/c1-11-15(18(22)23)16(13-6-5-7-14(8-13)21(24)25)17(12(2)20-11)28-26-9-19(3,4)10-27-28/h5-8,16,20H,9-10H2,1-4H3,(H,22,23). The zero-order valence-electron chi connectivity index (χ0n) is 16.2. The lowest BCUT2D eigenvalue weighted by atomic mass is 9.86. The van der Waals surface area contributed by atoms with E-state index >= 15 is 0 Å². The van der Waals surface area contributed by atoms with Gasteiger partial charge in [-0.2, -0.15) is 0 Å². The second kappa shape index (κ2) is 7.62. The summed E-state index contributed by atoms with van der Waals surface area (Å²) in [5, 5.41) is 24.9. The van der Waals surface area contributed by atoms with Gasteiger partial charge in [0.25, 0.3) is 5.69 Å². The molecule has 1 aromatic rings. The predicted octanol–water partition coefficient (Wildman–Crippen LogP) is 4.26. The molecule has 9 heteroatoms. The van der Waals surface area contributed by atoms with E-state index in [4.69, 9.17) is 9.05 Å². The van der Waals surface area contributed by atoms with Gasteiger partial charge >= 0.3 is 5.97 Å². The van der Waals surface area contributed by atoms with E-state index in [2.05, 4.69) is 5.32 Å². The van der Waals surface area contributed by atoms with Crippen molar-refractivity contribution < 1.29 is 23.9 Å². The lowest BCUT2D eigenvalue weighted by Crippen LogP contribution is -2.32. The smallest absolute Gasteiger partial charge is 0.334 e. The van der Waals surface area contributed by atoms with Crippen LogP contribution in [0.2, 0.25) is 0 Å². The van der Waals surface area contributed by atoms with Crippen molar-refractivity contribution in [2.45, 2.75) is 33.6 Å². The number of aliphatic carboxylic acids is 1. The van der Waals surface area contributed by atoms with Crippen LogP contribution in [0.1, 0.15) is 39.2 Å². The van der Waals surface area contributed by atoms with E-state index in [1.807, 2.05) is 20.8 Å². The van der Waals surface area contributed by atoms with E-state index in [1.54, 1.807) is 19.1 Å². The van der Waals surface area contributed by atoms with Crippen molar-refractivity contribution in [1.29, 1.82) is 0 Å². The average Bonchev–Trinajstić information content (AvgIpc) is 2.61. The fourth-order valence-electron chi connectivity index (χ4n) is 3.34. The lowest BCUT2D eigenvalue weighted by Gasteiger charge is -2.39. The molecule has 0 spiro atoms. The highest BCUT2D eigenvalue weighted by atomic mass is 31.2. The van der Waals surface area contributed by atoms with Crippen LogP contribution in [0, 0.1) is 15.5 Å². The molecule has 0 saturated carbocycles. The van der Waals surface area contributed by atoms with Gasteiger partial charge in [-0.1, -0.05) is 26.0 Å². The van der Waals surface area contributed by atoms with Gasteiger partial charge in [-0.25, -0.2) is 4.79 Å². The molecule has 8 nitrogen and oxygen atoms in total. The highest BCUT2D eigenvalue weighted by Crippen LogP contribution is 2.60. The minimum Gasteiger partial charge on any atom is -0.478 e. The number of carbonyl (C=O) groups is 1. The Balaban J connectivity index is 2.11. The Hall–Kier alpha value is -2.28. The van der Waals surface area contributed by atoms with Crippen molar-refractivity contribution >= 4 is 20.0 Å². The molecule has 1 atom stereocenters. The summed E-state index contributed by atoms with van der Waals surface area (Å²) in [7, 11) is -1.50. The zero-order chi connectivity index (χ0) is 20.6. The Labute approximate surface area is 164 Å². The molecule has 0 aliphatic carbocycles. The highest BCUT2D eigenvalue weighted by Gasteiger charge is 2.41. The van der Waals surface area contributed by atoms with E-state index in [0.717, 1.165) is 5.70 Å². The van der Waals surface area contributed by atoms with Crippen molar-refractivity contribution in [2.75, 3.05) is 13.2 Å². The molecule has 1 saturated heterocycles. The summed E-state index contributed by atoms with van der Waals surface area (Å²) in [4.78, 5) is 22.8. The first-order chi connectivity index (χ1) is 13.1. The third kappa shape index (κ3) is 3.94. The quantitative estimate of drug-likeness (QED) is 0.437. The minimum atomic E-state index is -1.50. The second-order valence-corrected chi connectivity index (χ2v) is 9.24. The fraction of sp³-hybridized carbons (Fsp3) is 0.421. The number of allylic oxidation sites excluding steroid dienone is 3. The number of nitrogens with zero attached hydrogens (tertiary/aromatic N) is 1. The normalized spacial score (nSPS) is 22.8. The summed E-state index contributed by atoms with van der Waals surface area (Å²) in [6.45, 7) is 8.57. The number of carboxylic acid groups (broad SMARTS) is 1. The number of rotatable bonds is 4. The Morgan fingerprint density at radius 1 is 1.29 bits per heavy atom. The largest absolute Gasteiger partial charge is 0.478 e. The number of benzene rings is 1. The first-order valence-electron chi connectivity index (χ1n) is 8.83. The van der Waals surface area contributed by atoms with Crippen molar-refractivity contribution in [3.05, 3.63) is 62.2 Å². The van der Waals surface area contributed by atoms with E-state index in [1.165, 1.54) is 12.1 Å². The Bertz CT molecular complexity index is 882. The van der Waals surface area contributed by atoms with Crippen LogP contribution in [0.15, 0.2) is 46.5 Å². The number of hydrogen-bond donors (Lipinski definition) is 2. The second-order valence-electron chi connectivity index (χ2n) is 7.73. The SMILES string of the molecule is CC1=C(C(=O)O)C(c2cccc([N+](=O)[O-])c2)C(P2OCC(C)(C)CO2)=C(C)N1. The maximum absolute atomic E-state index is 12.1. The summed E-state index contributed by atoms with van der Waals surface area (Å²) in [5.41, 5.74) is 1.71. The van der Waals surface area contributed by atoms with Crippen LogP contribution >= 0.6 is 8.38 Å². The summed E-state index contributed by atoms with van der Waals surface area (Å²) in [5.74, 6) is -1.77. The molecule has 2 N–H and O–H groups in total. The molecule has 28 heavy (non-hydrogen) atoms. The van der Waals surface area contributed by atoms with Crippen molar-refractivity contribution in [2.24, 2.45) is 5.41 Å². The number of carboxylic acids is 1. The summed E-state index contributed by atoms with van der Waals surface area (Å²) in [6.07, 6.45) is 0. The molecule has 1 fully saturated rings. The molecule has 0 bridgehead atoms. The molecule has 2 aliphatic rings. The van der Waals surface area contributed by atoms with E-state index in [0.29, 0.717) is 29.8 Å². The average molecular weight is 406 g/mol. The maximum Gasteiger partial charge on any atom is 0.334 e. The zero-order valence-corrected chi connectivity index (χ0v) is 17.1. The van der Waals surface area contributed by atoms with Crippen LogP contribution < -0.4 is 5.32 Å². The molecule has 0 radical (unpaired) electrons. The van der Waals surface area contributed by atoms with Gasteiger partial charge in [0.05, 0.1) is 23.7 Å². The van der Waals surface area contributed by atoms with Crippen LogP contribution in [0.4, 0.5) is 5.69 Å². The van der Waals surface area contributed by atoms with Crippen LogP contribution in [0.3, 0.4) is 0 Å². The molecule has 3 rings (SSSR count). The third-order valence-electron chi connectivity index (χ3n) is 4.71. The van der Waals surface area contributed by atoms with Crippen LogP contribution in [-0.2, 0) is 13.8 Å². The molecule has 0 amide bonds. The number of non-ortho nitro benzene ring substituents is 1. The van der Waals surface area contributed by atoms with Gasteiger partial charge in [-0.15, -0.1) is 0 Å². The van der Waals surface area contributed by atoms with E-state index in [-0.39, 0.29) is 16.7 Å². The van der Waals surface area contributed by atoms with Crippen LogP contribution in [-0.4, -0.2) is 29.2 Å². The highest BCUT2D eigenvalue weighted by molar-refractivity contribution is 7.52. The molecule has 2 aliphatic heterocycles. The number of nitrogens with one attached hydrogen (secondary N) is 1. The summed E-state index contributed by atoms with van der Waals surface area (Å²) in [6, 6.07) is 6.08. The third-order valence-corrected chi connectivity index (χ3v) is 6.43. The van der Waals surface area contributed by atoms with Gasteiger partial charge < -0.3 is 19.5 Å². The lowest BCUT2D eigenvalue weighted by molar-refractivity contribution is -0.384. The summed E-state index contributed by atoms with van der Waals surface area (Å²) < 4.78 is 12.0. The molecular weight excluding hydrogens is 383 g/mol. The minimum absolute atomic E-state index is 0.0881. The van der Waals surface area contributed by atoms with Crippen molar-refractivity contribution in [3.8, 4) is 0 Å². The first kappa shape index (κ1) is 20.5. The number of nitro groups is 1. The molecule has 2 heterocycles. The van der Waals surface area contributed by atoms with Gasteiger partial charge in [-0.3, -0.25) is 10.1 Å². The monoisotopic (exact) mass is 406 g/mol. The van der Waals surface area contributed by atoms with Gasteiger partial charge in [0.15, 0.2) is 0 Å². The van der Waals surface area contributed by atoms with Crippen molar-refractivity contribution in [1.82, 2.24) is 5.32 Å². The molecule has 1 unspecified atom stereocenters. The number of nitro benzene ring substituents is 1. The maximum atomic E-state index is 12.1. The molecular formula is C19H23N2O6P. The molecule has 0 aromatic heterocycles. The van der Waals surface area contributed by atoms with E-state index < -0.39 is 25.2 Å². The van der Waals surface area contributed by atoms with Crippen molar-refractivity contribution in [3.63, 3.8) is 0 Å². The van der Waals surface area contributed by atoms with Crippen LogP contribution in [0.5, 0.6) is 0 Å². The Kier molecular flexibility index (Phi) is 5.57. The Morgan fingerprint density at radius 2 is 1.93 bits per heavy atom. The summed E-state index contributed by atoms with van der Waals surface area (Å²) >= 11 is 0. The van der Waals surface area contributed by atoms with Gasteiger partial charge in [0, 0.05) is 40.2 Å². The number of dihydropyridines is 1. The fourth-order valence-corrected chi connectivity index (χ4v) is 5.44. The molecule has 1 aromatic carbocycles. The predicted molar refractivity (Wildman–Crippen MR) is 105 cm³/mol. The van der Waals surface area contributed by atoms with E-state index in [9.17, 15) is 20.0 Å². The van der Waals surface area contributed by atoms with Crippen LogP contribution in [0.25, 0.3) is 0 Å². The first-order valence-corrected chi connectivity index (χ1v) is 10.0. The molecule has 150 valence electrons. The Morgan fingerprint density at radius 3 is 2.50 bits per heavy atom. The van der Waals surface area contributed by atoms with Gasteiger partial charge in [0.1, 0.15) is 0 Å². The topological polar surface area (TPSA) is 111 Å². The van der Waals surface area contributed by atoms with Gasteiger partial charge in [-0.05, 0) is 19.4 Å². The van der Waals surface area contributed by atoms with Gasteiger partial charge in [0.2, 0.25) is 8.38 Å². The number of hydrogen-bond acceptors (Lipinski definition) is 6.